The smallest absolute Gasteiger partial charge is 0.247 e. The van der Waals surface area contributed by atoms with Gasteiger partial charge in [0.25, 0.3) is 0 Å². The first-order chi connectivity index (χ1) is 17.1. The third-order valence-electron chi connectivity index (χ3n) is 7.99. The molecule has 182 valence electrons. The summed E-state index contributed by atoms with van der Waals surface area (Å²) < 4.78 is 5.91. The van der Waals surface area contributed by atoms with E-state index in [1.165, 1.54) is 43.2 Å². The SMILES string of the molecule is O=C1C2CN(Cc3ccc(C4CCCCC4)cc3)CCN2C(=O)CN1Cc1cc2ccccc2o1. The molecule has 6 heteroatoms. The molecule has 6 rings (SSSR count). The van der Waals surface area contributed by atoms with Crippen molar-refractivity contribution in [1.82, 2.24) is 14.7 Å². The van der Waals surface area contributed by atoms with Crippen molar-refractivity contribution in [3.8, 4) is 0 Å². The highest BCUT2D eigenvalue weighted by Crippen LogP contribution is 2.33. The molecule has 3 fully saturated rings. The molecule has 0 N–H and O–H groups in total. The summed E-state index contributed by atoms with van der Waals surface area (Å²) in [7, 11) is 0. The molecule has 1 aromatic heterocycles. The molecule has 1 aliphatic carbocycles. The second-order valence-corrected chi connectivity index (χ2v) is 10.4. The van der Waals surface area contributed by atoms with Crippen LogP contribution in [0.4, 0.5) is 0 Å². The molecular weight excluding hydrogens is 438 g/mol. The van der Waals surface area contributed by atoms with Crippen LogP contribution in [-0.4, -0.2) is 58.7 Å². The summed E-state index contributed by atoms with van der Waals surface area (Å²) in [5.41, 5.74) is 3.54. The summed E-state index contributed by atoms with van der Waals surface area (Å²) in [5, 5.41) is 1.01. The summed E-state index contributed by atoms with van der Waals surface area (Å²) in [6.07, 6.45) is 6.68. The Morgan fingerprint density at radius 3 is 2.49 bits per heavy atom. The fourth-order valence-corrected chi connectivity index (χ4v) is 6.06. The molecule has 0 bridgehead atoms. The highest BCUT2D eigenvalue weighted by Gasteiger charge is 2.42. The van der Waals surface area contributed by atoms with Crippen LogP contribution in [0.25, 0.3) is 11.0 Å². The van der Waals surface area contributed by atoms with Crippen LogP contribution in [0.1, 0.15) is 54.9 Å². The van der Waals surface area contributed by atoms with Crippen molar-refractivity contribution < 1.29 is 14.0 Å². The van der Waals surface area contributed by atoms with Crippen molar-refractivity contribution in [2.45, 2.75) is 57.2 Å². The second kappa shape index (κ2) is 9.50. The molecule has 1 unspecified atom stereocenters. The van der Waals surface area contributed by atoms with E-state index in [0.29, 0.717) is 31.3 Å². The molecule has 1 saturated carbocycles. The Labute approximate surface area is 206 Å². The van der Waals surface area contributed by atoms with E-state index < -0.39 is 6.04 Å². The Bertz CT molecular complexity index is 1180. The summed E-state index contributed by atoms with van der Waals surface area (Å²) in [6.45, 7) is 3.23. The van der Waals surface area contributed by atoms with Crippen molar-refractivity contribution in [3.05, 3.63) is 71.5 Å². The van der Waals surface area contributed by atoms with E-state index in [4.69, 9.17) is 4.42 Å². The minimum atomic E-state index is -0.420. The minimum Gasteiger partial charge on any atom is -0.459 e. The zero-order valence-electron chi connectivity index (χ0n) is 20.2. The lowest BCUT2D eigenvalue weighted by atomic mass is 9.84. The quantitative estimate of drug-likeness (QED) is 0.548. The third kappa shape index (κ3) is 4.59. The average Bonchev–Trinajstić information content (AvgIpc) is 3.30. The van der Waals surface area contributed by atoms with Crippen molar-refractivity contribution in [2.75, 3.05) is 26.2 Å². The molecule has 1 atom stereocenters. The predicted octanol–water partition coefficient (Wildman–Crippen LogP) is 4.54. The highest BCUT2D eigenvalue weighted by molar-refractivity contribution is 5.95. The number of hydrogen-bond donors (Lipinski definition) is 0. The number of carbonyl (C=O) groups is 2. The largest absolute Gasteiger partial charge is 0.459 e. The van der Waals surface area contributed by atoms with Crippen molar-refractivity contribution in [2.24, 2.45) is 0 Å². The molecule has 6 nitrogen and oxygen atoms in total. The number of hydrogen-bond acceptors (Lipinski definition) is 4. The maximum Gasteiger partial charge on any atom is 0.247 e. The summed E-state index contributed by atoms with van der Waals surface area (Å²) in [5.74, 6) is 1.47. The molecule has 0 spiro atoms. The highest BCUT2D eigenvalue weighted by atomic mass is 16.3. The lowest BCUT2D eigenvalue weighted by molar-refractivity contribution is -0.160. The van der Waals surface area contributed by atoms with E-state index in [9.17, 15) is 9.59 Å². The van der Waals surface area contributed by atoms with E-state index in [2.05, 4.69) is 29.2 Å². The number of piperazine rings is 2. The fourth-order valence-electron chi connectivity index (χ4n) is 6.06. The number of para-hydroxylation sites is 1. The standard InChI is InChI=1S/C29H33N3O3/c33-28-20-31(18-25-16-24-8-4-5-9-27(24)35-25)29(34)26-19-30(14-15-32(26)28)17-21-10-12-23(13-11-21)22-6-2-1-3-7-22/h4-5,8-13,16,22,26H,1-3,6-7,14-15,17-20H2. The van der Waals surface area contributed by atoms with Crippen LogP contribution < -0.4 is 0 Å². The van der Waals surface area contributed by atoms with Gasteiger partial charge in [-0.05, 0) is 42.0 Å². The van der Waals surface area contributed by atoms with Gasteiger partial charge in [0.2, 0.25) is 11.8 Å². The molecular formula is C29H33N3O3. The molecule has 3 aliphatic rings. The molecule has 35 heavy (non-hydrogen) atoms. The number of rotatable bonds is 5. The van der Waals surface area contributed by atoms with E-state index >= 15 is 0 Å². The van der Waals surface area contributed by atoms with Crippen LogP contribution >= 0.6 is 0 Å². The predicted molar refractivity (Wildman–Crippen MR) is 135 cm³/mol. The topological polar surface area (TPSA) is 57.0 Å². The zero-order valence-corrected chi connectivity index (χ0v) is 20.2. The maximum absolute atomic E-state index is 13.4. The third-order valence-corrected chi connectivity index (χ3v) is 7.99. The first kappa shape index (κ1) is 22.4. The number of fused-ring (bicyclic) bond motifs is 2. The van der Waals surface area contributed by atoms with Gasteiger partial charge in [0.05, 0.1) is 6.54 Å². The Hall–Kier alpha value is -3.12. The van der Waals surface area contributed by atoms with Crippen LogP contribution in [-0.2, 0) is 22.7 Å². The van der Waals surface area contributed by atoms with Gasteiger partial charge in [-0.3, -0.25) is 14.5 Å². The molecule has 2 amide bonds. The maximum atomic E-state index is 13.4. The average molecular weight is 472 g/mol. The van der Waals surface area contributed by atoms with E-state index in [1.807, 2.05) is 30.3 Å². The van der Waals surface area contributed by atoms with Gasteiger partial charge in [-0.25, -0.2) is 0 Å². The van der Waals surface area contributed by atoms with Crippen LogP contribution in [0.3, 0.4) is 0 Å². The van der Waals surface area contributed by atoms with Crippen LogP contribution in [0.15, 0.2) is 59.0 Å². The van der Waals surface area contributed by atoms with Crippen LogP contribution in [0.2, 0.25) is 0 Å². The second-order valence-electron chi connectivity index (χ2n) is 10.4. The molecule has 2 saturated heterocycles. The number of amides is 2. The Kier molecular flexibility index (Phi) is 6.06. The fraction of sp³-hybridized carbons (Fsp3) is 0.448. The first-order valence-electron chi connectivity index (χ1n) is 13.0. The number of nitrogens with zero attached hydrogens (tertiary/aromatic N) is 3. The number of carbonyl (C=O) groups excluding carboxylic acids is 2. The van der Waals surface area contributed by atoms with Gasteiger partial charge in [0, 0.05) is 31.6 Å². The normalized spacial score (nSPS) is 22.1. The van der Waals surface area contributed by atoms with Gasteiger partial charge >= 0.3 is 0 Å². The van der Waals surface area contributed by atoms with Gasteiger partial charge in [-0.2, -0.15) is 0 Å². The van der Waals surface area contributed by atoms with Crippen LogP contribution in [0, 0.1) is 0 Å². The Morgan fingerprint density at radius 1 is 0.886 bits per heavy atom. The van der Waals surface area contributed by atoms with Gasteiger partial charge in [-0.15, -0.1) is 0 Å². The van der Waals surface area contributed by atoms with Gasteiger partial charge in [0.15, 0.2) is 0 Å². The van der Waals surface area contributed by atoms with E-state index in [0.717, 1.165) is 24.1 Å². The first-order valence-corrected chi connectivity index (χ1v) is 13.0. The number of furan rings is 1. The van der Waals surface area contributed by atoms with E-state index in [-0.39, 0.29) is 18.4 Å². The lowest BCUT2D eigenvalue weighted by Crippen LogP contribution is -2.66. The van der Waals surface area contributed by atoms with Gasteiger partial charge < -0.3 is 14.2 Å². The summed E-state index contributed by atoms with van der Waals surface area (Å²) >= 11 is 0. The Balaban J connectivity index is 1.11. The monoisotopic (exact) mass is 471 g/mol. The van der Waals surface area contributed by atoms with Crippen molar-refractivity contribution in [3.63, 3.8) is 0 Å². The minimum absolute atomic E-state index is 0.0161. The molecule has 2 aromatic carbocycles. The number of benzene rings is 2. The molecule has 2 aliphatic heterocycles. The van der Waals surface area contributed by atoms with Crippen molar-refractivity contribution >= 4 is 22.8 Å². The van der Waals surface area contributed by atoms with Gasteiger partial charge in [-0.1, -0.05) is 61.7 Å². The lowest BCUT2D eigenvalue weighted by Gasteiger charge is -2.46. The molecule has 3 heterocycles. The molecule has 0 radical (unpaired) electrons. The van der Waals surface area contributed by atoms with Crippen molar-refractivity contribution in [1.29, 1.82) is 0 Å². The van der Waals surface area contributed by atoms with Gasteiger partial charge in [0.1, 0.15) is 23.9 Å². The summed E-state index contributed by atoms with van der Waals surface area (Å²) in [6, 6.07) is 18.4. The van der Waals surface area contributed by atoms with Crippen LogP contribution in [0.5, 0.6) is 0 Å². The zero-order chi connectivity index (χ0) is 23.8. The Morgan fingerprint density at radius 2 is 1.69 bits per heavy atom. The summed E-state index contributed by atoms with van der Waals surface area (Å²) in [4.78, 5) is 32.0. The van der Waals surface area contributed by atoms with E-state index in [1.54, 1.807) is 9.80 Å². The molecule has 3 aromatic rings.